The molecule has 1 N–H and O–H groups in total. The molecule has 2 heterocycles. The van der Waals surface area contributed by atoms with Crippen LogP contribution in [0, 0.1) is 12.7 Å². The summed E-state index contributed by atoms with van der Waals surface area (Å²) >= 11 is 0. The first-order valence-electron chi connectivity index (χ1n) is 8.68. The molecule has 134 valence electrons. The minimum atomic E-state index is -0.249. The van der Waals surface area contributed by atoms with Crippen LogP contribution in [-0.2, 0) is 0 Å². The van der Waals surface area contributed by atoms with Crippen molar-refractivity contribution >= 4 is 16.6 Å². The second-order valence-corrected chi connectivity index (χ2v) is 6.46. The van der Waals surface area contributed by atoms with Gasteiger partial charge < -0.3 is 5.32 Å². The van der Waals surface area contributed by atoms with Crippen molar-refractivity contribution < 1.29 is 4.39 Å². The van der Waals surface area contributed by atoms with Gasteiger partial charge in [0, 0.05) is 5.39 Å². The van der Waals surface area contributed by atoms with Gasteiger partial charge in [-0.2, -0.15) is 20.4 Å². The van der Waals surface area contributed by atoms with E-state index < -0.39 is 0 Å². The highest BCUT2D eigenvalue weighted by molar-refractivity contribution is 5.93. The first-order chi connectivity index (χ1) is 13.1. The fraction of sp³-hybridized carbons (Fsp3) is 0.143. The number of aromatic nitrogens is 4. The third-order valence-corrected chi connectivity index (χ3v) is 4.45. The van der Waals surface area contributed by atoms with Gasteiger partial charge in [0.15, 0.2) is 0 Å². The van der Waals surface area contributed by atoms with Crippen LogP contribution in [-0.4, -0.2) is 20.4 Å². The normalized spacial score (nSPS) is 12.1. The summed E-state index contributed by atoms with van der Waals surface area (Å²) in [4.78, 5) is 0. The Labute approximate surface area is 156 Å². The van der Waals surface area contributed by atoms with E-state index in [1.165, 1.54) is 12.1 Å². The molecule has 0 unspecified atom stereocenters. The summed E-state index contributed by atoms with van der Waals surface area (Å²) in [5.74, 6) is -0.249. The van der Waals surface area contributed by atoms with Crippen LogP contribution in [0.25, 0.3) is 22.0 Å². The second kappa shape index (κ2) is 7.07. The molecule has 0 aliphatic rings. The number of benzene rings is 2. The Morgan fingerprint density at radius 3 is 2.41 bits per heavy atom. The first-order valence-corrected chi connectivity index (χ1v) is 8.68. The van der Waals surface area contributed by atoms with Crippen LogP contribution in [0.3, 0.4) is 0 Å². The number of fused-ring (bicyclic) bond motifs is 1. The standard InChI is InChI=1S/C21H18FN5/c1-13-3-9-19(27-25-13)14(2)24-21-12-23-26-20-10-6-16(11-18(20)21)15-4-7-17(22)8-5-15/h3-12,14H,1-2H3,(H,24,26)/t14-/m1/s1. The number of aryl methyl sites for hydroxylation is 1. The molecule has 5 nitrogen and oxygen atoms in total. The lowest BCUT2D eigenvalue weighted by Gasteiger charge is -2.16. The molecule has 2 aromatic carbocycles. The molecule has 1 atom stereocenters. The van der Waals surface area contributed by atoms with Crippen molar-refractivity contribution in [1.82, 2.24) is 20.4 Å². The summed E-state index contributed by atoms with van der Waals surface area (Å²) in [7, 11) is 0. The van der Waals surface area contributed by atoms with Gasteiger partial charge >= 0.3 is 0 Å². The van der Waals surface area contributed by atoms with Crippen LogP contribution < -0.4 is 5.32 Å². The van der Waals surface area contributed by atoms with E-state index in [1.807, 2.05) is 44.2 Å². The minimum Gasteiger partial charge on any atom is -0.375 e. The molecule has 0 aliphatic carbocycles. The molecular formula is C21H18FN5. The van der Waals surface area contributed by atoms with Crippen molar-refractivity contribution in [3.63, 3.8) is 0 Å². The molecule has 0 amide bonds. The van der Waals surface area contributed by atoms with E-state index >= 15 is 0 Å². The number of halogens is 1. The van der Waals surface area contributed by atoms with E-state index in [-0.39, 0.29) is 11.9 Å². The summed E-state index contributed by atoms with van der Waals surface area (Å²) in [6.07, 6.45) is 1.70. The van der Waals surface area contributed by atoms with Crippen molar-refractivity contribution in [3.8, 4) is 11.1 Å². The maximum absolute atomic E-state index is 13.2. The molecule has 0 fully saturated rings. The molecule has 0 bridgehead atoms. The van der Waals surface area contributed by atoms with Crippen LogP contribution in [0.1, 0.15) is 24.4 Å². The van der Waals surface area contributed by atoms with Gasteiger partial charge in [-0.15, -0.1) is 0 Å². The number of anilines is 1. The Morgan fingerprint density at radius 2 is 1.67 bits per heavy atom. The molecule has 2 aromatic heterocycles. The van der Waals surface area contributed by atoms with E-state index in [0.717, 1.165) is 39.1 Å². The quantitative estimate of drug-likeness (QED) is 0.572. The molecule has 27 heavy (non-hydrogen) atoms. The van der Waals surface area contributed by atoms with E-state index in [1.54, 1.807) is 18.3 Å². The summed E-state index contributed by atoms with van der Waals surface area (Å²) in [6, 6.07) is 16.2. The highest BCUT2D eigenvalue weighted by atomic mass is 19.1. The number of nitrogens with one attached hydrogen (secondary N) is 1. The molecule has 0 spiro atoms. The smallest absolute Gasteiger partial charge is 0.123 e. The lowest BCUT2D eigenvalue weighted by Crippen LogP contribution is -2.10. The van der Waals surface area contributed by atoms with E-state index in [0.29, 0.717) is 0 Å². The summed E-state index contributed by atoms with van der Waals surface area (Å²) in [5.41, 5.74) is 5.30. The van der Waals surface area contributed by atoms with Crippen molar-refractivity contribution in [3.05, 3.63) is 78.0 Å². The molecule has 0 radical (unpaired) electrons. The van der Waals surface area contributed by atoms with Gasteiger partial charge in [-0.25, -0.2) is 4.39 Å². The average Bonchev–Trinajstić information content (AvgIpc) is 2.69. The fourth-order valence-electron chi connectivity index (χ4n) is 2.94. The predicted octanol–water partition coefficient (Wildman–Crippen LogP) is 4.71. The van der Waals surface area contributed by atoms with Gasteiger partial charge in [0.1, 0.15) is 5.82 Å². The minimum absolute atomic E-state index is 0.0417. The zero-order chi connectivity index (χ0) is 18.8. The zero-order valence-corrected chi connectivity index (χ0v) is 15.0. The zero-order valence-electron chi connectivity index (χ0n) is 15.0. The van der Waals surface area contributed by atoms with Crippen LogP contribution in [0.5, 0.6) is 0 Å². The Balaban J connectivity index is 1.70. The molecule has 0 saturated heterocycles. The van der Waals surface area contributed by atoms with Crippen molar-refractivity contribution in [2.75, 3.05) is 5.32 Å². The fourth-order valence-corrected chi connectivity index (χ4v) is 2.94. The maximum atomic E-state index is 13.2. The number of nitrogens with zero attached hydrogens (tertiary/aromatic N) is 4. The van der Waals surface area contributed by atoms with Crippen LogP contribution >= 0.6 is 0 Å². The lowest BCUT2D eigenvalue weighted by atomic mass is 10.0. The first kappa shape index (κ1) is 17.0. The topological polar surface area (TPSA) is 63.6 Å². The van der Waals surface area contributed by atoms with E-state index in [2.05, 4.69) is 25.7 Å². The Bertz CT molecular complexity index is 1080. The predicted molar refractivity (Wildman–Crippen MR) is 104 cm³/mol. The van der Waals surface area contributed by atoms with Gasteiger partial charge in [0.05, 0.1) is 34.8 Å². The third-order valence-electron chi connectivity index (χ3n) is 4.45. The SMILES string of the molecule is Cc1ccc([C@@H](C)Nc2cnnc3ccc(-c4ccc(F)cc4)cc23)nn1. The van der Waals surface area contributed by atoms with Crippen LogP contribution in [0.4, 0.5) is 10.1 Å². The summed E-state index contributed by atoms with van der Waals surface area (Å²) < 4.78 is 13.2. The Hall–Kier alpha value is -3.41. The van der Waals surface area contributed by atoms with Gasteiger partial charge in [0.2, 0.25) is 0 Å². The molecule has 0 aliphatic heterocycles. The number of hydrogen-bond acceptors (Lipinski definition) is 5. The molecule has 6 heteroatoms. The molecule has 4 aromatic rings. The largest absolute Gasteiger partial charge is 0.375 e. The van der Waals surface area contributed by atoms with E-state index in [4.69, 9.17) is 0 Å². The monoisotopic (exact) mass is 359 g/mol. The second-order valence-electron chi connectivity index (χ2n) is 6.46. The number of rotatable bonds is 4. The summed E-state index contributed by atoms with van der Waals surface area (Å²) in [5, 5.41) is 21.0. The van der Waals surface area contributed by atoms with Crippen molar-refractivity contribution in [1.29, 1.82) is 0 Å². The molecular weight excluding hydrogens is 341 g/mol. The third kappa shape index (κ3) is 3.60. The number of hydrogen-bond donors (Lipinski definition) is 1. The van der Waals surface area contributed by atoms with Crippen molar-refractivity contribution in [2.45, 2.75) is 19.9 Å². The van der Waals surface area contributed by atoms with Crippen LogP contribution in [0.2, 0.25) is 0 Å². The van der Waals surface area contributed by atoms with Gasteiger partial charge in [-0.1, -0.05) is 18.2 Å². The highest BCUT2D eigenvalue weighted by Crippen LogP contribution is 2.29. The maximum Gasteiger partial charge on any atom is 0.123 e. The van der Waals surface area contributed by atoms with Gasteiger partial charge in [-0.3, -0.25) is 0 Å². The van der Waals surface area contributed by atoms with E-state index in [9.17, 15) is 4.39 Å². The highest BCUT2D eigenvalue weighted by Gasteiger charge is 2.11. The average molecular weight is 359 g/mol. The molecule has 4 rings (SSSR count). The van der Waals surface area contributed by atoms with Crippen molar-refractivity contribution in [2.24, 2.45) is 0 Å². The van der Waals surface area contributed by atoms with Crippen LogP contribution in [0.15, 0.2) is 60.8 Å². The van der Waals surface area contributed by atoms with Gasteiger partial charge in [0.25, 0.3) is 0 Å². The lowest BCUT2D eigenvalue weighted by molar-refractivity contribution is 0.628. The Morgan fingerprint density at radius 1 is 0.889 bits per heavy atom. The summed E-state index contributed by atoms with van der Waals surface area (Å²) in [6.45, 7) is 3.93. The van der Waals surface area contributed by atoms with Gasteiger partial charge in [-0.05, 0) is 61.4 Å². The molecule has 0 saturated carbocycles. The Kier molecular flexibility index (Phi) is 4.46.